The highest BCUT2D eigenvalue weighted by atomic mass is 16.4. The number of hydrogen-bond donors (Lipinski definition) is 4. The van der Waals surface area contributed by atoms with Crippen LogP contribution in [0.4, 0.5) is 0 Å². The summed E-state index contributed by atoms with van der Waals surface area (Å²) < 4.78 is 0. The van der Waals surface area contributed by atoms with Gasteiger partial charge < -0.3 is 21.7 Å². The zero-order valence-electron chi connectivity index (χ0n) is 19.1. The predicted octanol–water partition coefficient (Wildman–Crippen LogP) is 3.01. The van der Waals surface area contributed by atoms with Crippen molar-refractivity contribution in [2.75, 3.05) is 0 Å². The van der Waals surface area contributed by atoms with E-state index in [1.807, 2.05) is 6.08 Å². The van der Waals surface area contributed by atoms with Crippen molar-refractivity contribution < 1.29 is 19.8 Å². The maximum atomic E-state index is 13.0. The minimum Gasteiger partial charge on any atom is -0.481 e. The van der Waals surface area contributed by atoms with Crippen molar-refractivity contribution in [3.63, 3.8) is 0 Å². The van der Waals surface area contributed by atoms with Gasteiger partial charge in [0.15, 0.2) is 5.78 Å². The molecule has 0 bridgehead atoms. The molecule has 6 nitrogen and oxygen atoms in total. The summed E-state index contributed by atoms with van der Waals surface area (Å²) in [5.41, 5.74) is 14.2. The number of nitrogens with two attached hydrogens (primary N) is 2. The van der Waals surface area contributed by atoms with Gasteiger partial charge in [0.2, 0.25) is 0 Å². The third-order valence-electron chi connectivity index (χ3n) is 9.90. The van der Waals surface area contributed by atoms with Crippen molar-refractivity contribution in [1.82, 2.24) is 0 Å². The van der Waals surface area contributed by atoms with Gasteiger partial charge in [0.25, 0.3) is 0 Å². The molecule has 3 fully saturated rings. The Morgan fingerprint density at radius 2 is 1.94 bits per heavy atom. The normalized spacial score (nSPS) is 44.0. The average Bonchev–Trinajstić information content (AvgIpc) is 3.02. The maximum absolute atomic E-state index is 13.0. The first-order valence-electron chi connectivity index (χ1n) is 12.2. The van der Waals surface area contributed by atoms with Crippen molar-refractivity contribution in [3.8, 4) is 0 Å². The standard InChI is InChI=1S/C25H40N2O4/c1-24-11-10-18-15(17(24)8-9-21(24)29)7-6-14-12-20(28)16(13-25(14,18)2)23(27)19(26)4-3-5-22(30)31/h12,15-19,21,23,29H,3-11,13,26-27H2,1-2H3,(H,30,31)/t15-,16?,17-,18-,19?,21-,23?,24-,25-/m0/s1. The summed E-state index contributed by atoms with van der Waals surface area (Å²) in [4.78, 5) is 23.8. The van der Waals surface area contributed by atoms with Gasteiger partial charge in [-0.1, -0.05) is 19.4 Å². The van der Waals surface area contributed by atoms with Crippen LogP contribution in [-0.2, 0) is 9.59 Å². The first kappa shape index (κ1) is 22.9. The Hall–Kier alpha value is -1.24. The number of fused-ring (bicyclic) bond motifs is 5. The molecule has 3 saturated carbocycles. The number of rotatable bonds is 6. The molecule has 9 atom stereocenters. The molecule has 0 radical (unpaired) electrons. The van der Waals surface area contributed by atoms with Crippen molar-refractivity contribution in [2.24, 2.45) is 46.0 Å². The van der Waals surface area contributed by atoms with Crippen LogP contribution in [0.2, 0.25) is 0 Å². The third-order valence-corrected chi connectivity index (χ3v) is 9.90. The lowest BCUT2D eigenvalue weighted by Gasteiger charge is -2.58. The summed E-state index contributed by atoms with van der Waals surface area (Å²) in [5.74, 6) is 0.681. The van der Waals surface area contributed by atoms with Crippen LogP contribution in [0.1, 0.15) is 78.1 Å². The van der Waals surface area contributed by atoms with E-state index in [-0.39, 0.29) is 41.1 Å². The highest BCUT2D eigenvalue weighted by molar-refractivity contribution is 5.94. The second kappa shape index (κ2) is 8.27. The van der Waals surface area contributed by atoms with Gasteiger partial charge in [-0.15, -0.1) is 0 Å². The molecule has 4 rings (SSSR count). The first-order valence-corrected chi connectivity index (χ1v) is 12.2. The summed E-state index contributed by atoms with van der Waals surface area (Å²) in [5, 5.41) is 19.5. The molecule has 0 aromatic rings. The second-order valence-electron chi connectivity index (χ2n) is 11.4. The molecule has 0 aromatic carbocycles. The molecule has 3 unspecified atom stereocenters. The topological polar surface area (TPSA) is 127 Å². The minimum atomic E-state index is -0.829. The monoisotopic (exact) mass is 432 g/mol. The average molecular weight is 433 g/mol. The molecule has 0 amide bonds. The fourth-order valence-electron chi connectivity index (χ4n) is 7.96. The molecule has 4 aliphatic rings. The molecule has 0 spiro atoms. The van der Waals surface area contributed by atoms with Gasteiger partial charge in [0.05, 0.1) is 6.10 Å². The van der Waals surface area contributed by atoms with Crippen molar-refractivity contribution in [2.45, 2.75) is 96.2 Å². The van der Waals surface area contributed by atoms with Crippen LogP contribution in [-0.4, -0.2) is 40.2 Å². The van der Waals surface area contributed by atoms with E-state index in [2.05, 4.69) is 13.8 Å². The van der Waals surface area contributed by atoms with Gasteiger partial charge in [-0.05, 0) is 92.4 Å². The van der Waals surface area contributed by atoms with E-state index in [1.165, 1.54) is 5.57 Å². The number of carbonyl (C=O) groups excluding carboxylic acids is 1. The minimum absolute atomic E-state index is 0.0330. The molecule has 0 saturated heterocycles. The van der Waals surface area contributed by atoms with E-state index in [4.69, 9.17) is 16.6 Å². The van der Waals surface area contributed by atoms with E-state index >= 15 is 0 Å². The van der Waals surface area contributed by atoms with E-state index in [0.717, 1.165) is 44.9 Å². The van der Waals surface area contributed by atoms with E-state index in [9.17, 15) is 14.7 Å². The van der Waals surface area contributed by atoms with Crippen LogP contribution in [0.3, 0.4) is 0 Å². The summed E-state index contributed by atoms with van der Waals surface area (Å²) in [6.07, 6.45) is 9.82. The number of carboxylic acids is 1. The van der Waals surface area contributed by atoms with Crippen LogP contribution in [0.15, 0.2) is 11.6 Å². The zero-order valence-corrected chi connectivity index (χ0v) is 19.1. The largest absolute Gasteiger partial charge is 0.481 e. The number of allylic oxidation sites excluding steroid dienone is 1. The first-order chi connectivity index (χ1) is 14.6. The molecule has 4 aliphatic carbocycles. The van der Waals surface area contributed by atoms with Gasteiger partial charge in [0, 0.05) is 24.4 Å². The molecule has 31 heavy (non-hydrogen) atoms. The van der Waals surface area contributed by atoms with Crippen LogP contribution < -0.4 is 11.5 Å². The molecule has 0 aromatic heterocycles. The summed E-state index contributed by atoms with van der Waals surface area (Å²) in [7, 11) is 0. The highest BCUT2D eigenvalue weighted by Gasteiger charge is 2.59. The number of aliphatic hydroxyl groups is 1. The summed E-state index contributed by atoms with van der Waals surface area (Å²) in [6.45, 7) is 4.63. The Balaban J connectivity index is 1.52. The van der Waals surface area contributed by atoms with Crippen LogP contribution in [0.25, 0.3) is 0 Å². The lowest BCUT2D eigenvalue weighted by atomic mass is 9.46. The lowest BCUT2D eigenvalue weighted by Crippen LogP contribution is -2.56. The van der Waals surface area contributed by atoms with Gasteiger partial charge in [-0.3, -0.25) is 9.59 Å². The second-order valence-corrected chi connectivity index (χ2v) is 11.4. The quantitative estimate of drug-likeness (QED) is 0.511. The van der Waals surface area contributed by atoms with Crippen molar-refractivity contribution in [1.29, 1.82) is 0 Å². The van der Waals surface area contributed by atoms with Crippen LogP contribution in [0.5, 0.6) is 0 Å². The Bertz CT molecular complexity index is 767. The third kappa shape index (κ3) is 3.79. The number of ketones is 1. The number of carboxylic acid groups (broad SMARTS) is 1. The zero-order chi connectivity index (χ0) is 22.6. The fourth-order valence-corrected chi connectivity index (χ4v) is 7.96. The van der Waals surface area contributed by atoms with Crippen molar-refractivity contribution >= 4 is 11.8 Å². The van der Waals surface area contributed by atoms with E-state index in [1.54, 1.807) is 0 Å². The lowest BCUT2D eigenvalue weighted by molar-refractivity contribution is -0.137. The fraction of sp³-hybridized carbons (Fsp3) is 0.840. The van der Waals surface area contributed by atoms with Gasteiger partial charge in [-0.2, -0.15) is 0 Å². The smallest absolute Gasteiger partial charge is 0.303 e. The molecule has 0 aliphatic heterocycles. The van der Waals surface area contributed by atoms with E-state index < -0.39 is 12.0 Å². The SMILES string of the molecule is C[C@]12CC[C@H]3[C@@H](CCC4=CC(=O)C(C(N)C(N)CCCC(=O)O)C[C@@]43C)[C@@H]1CC[C@@H]2O. The Labute approximate surface area is 185 Å². The van der Waals surface area contributed by atoms with Crippen LogP contribution in [0, 0.1) is 34.5 Å². The summed E-state index contributed by atoms with van der Waals surface area (Å²) >= 11 is 0. The molecular weight excluding hydrogens is 392 g/mol. The van der Waals surface area contributed by atoms with Gasteiger partial charge in [-0.25, -0.2) is 0 Å². The molecule has 0 heterocycles. The van der Waals surface area contributed by atoms with Gasteiger partial charge in [0.1, 0.15) is 0 Å². The predicted molar refractivity (Wildman–Crippen MR) is 119 cm³/mol. The number of hydrogen-bond acceptors (Lipinski definition) is 5. The molecule has 174 valence electrons. The van der Waals surface area contributed by atoms with Crippen LogP contribution >= 0.6 is 0 Å². The molecule has 6 heteroatoms. The summed E-state index contributed by atoms with van der Waals surface area (Å²) in [6, 6.07) is -0.815. The van der Waals surface area contributed by atoms with Gasteiger partial charge >= 0.3 is 5.97 Å². The maximum Gasteiger partial charge on any atom is 0.303 e. The van der Waals surface area contributed by atoms with Crippen molar-refractivity contribution in [3.05, 3.63) is 11.6 Å². The number of carbonyl (C=O) groups is 2. The molecular formula is C25H40N2O4. The number of aliphatic hydroxyl groups excluding tert-OH is 1. The van der Waals surface area contributed by atoms with E-state index in [0.29, 0.717) is 30.6 Å². The Morgan fingerprint density at radius 3 is 2.65 bits per heavy atom. The number of aliphatic carboxylic acids is 1. The Morgan fingerprint density at radius 1 is 1.19 bits per heavy atom. The molecule has 6 N–H and O–H groups in total. The Kier molecular flexibility index (Phi) is 6.12. The highest BCUT2D eigenvalue weighted by Crippen LogP contribution is 2.65.